The molecular formula is C18H15N9O3. The van der Waals surface area contributed by atoms with Gasteiger partial charge in [0, 0.05) is 17.3 Å². The van der Waals surface area contributed by atoms with Gasteiger partial charge >= 0.3 is 0 Å². The molecule has 0 bridgehead atoms. The minimum absolute atomic E-state index is 0.104. The Morgan fingerprint density at radius 3 is 2.90 bits per heavy atom. The summed E-state index contributed by atoms with van der Waals surface area (Å²) in [5.74, 6) is 1.29. The van der Waals surface area contributed by atoms with Gasteiger partial charge < -0.3 is 14.8 Å². The number of nitrogens with zero attached hydrogens (tertiary/aromatic N) is 8. The lowest BCUT2D eigenvalue weighted by atomic mass is 10.1. The second-order valence-electron chi connectivity index (χ2n) is 6.53. The molecule has 30 heavy (non-hydrogen) atoms. The first-order valence-corrected chi connectivity index (χ1v) is 8.97. The standard InChI is InChI=1S/C18H15N9O3/c1-11-2-4-13(14(6-11)26-9-19-23-25-26)18-21-24-27(22-18)8-17(28)20-12-3-5-15-16(7-12)30-10-29-15/h2-7,9H,8,10H2,1H3,(H,20,28). The van der Waals surface area contributed by atoms with Gasteiger partial charge in [0.25, 0.3) is 0 Å². The third-order valence-corrected chi connectivity index (χ3v) is 4.38. The third kappa shape index (κ3) is 3.41. The van der Waals surface area contributed by atoms with E-state index in [0.717, 1.165) is 5.56 Å². The van der Waals surface area contributed by atoms with Gasteiger partial charge in [0.05, 0.1) is 5.69 Å². The van der Waals surface area contributed by atoms with Crippen molar-refractivity contribution in [2.45, 2.75) is 13.5 Å². The molecule has 3 heterocycles. The van der Waals surface area contributed by atoms with Gasteiger partial charge in [0.15, 0.2) is 11.5 Å². The van der Waals surface area contributed by atoms with E-state index < -0.39 is 0 Å². The Kier molecular flexibility index (Phi) is 4.28. The van der Waals surface area contributed by atoms with Crippen molar-refractivity contribution >= 4 is 11.6 Å². The number of aromatic nitrogens is 8. The average molecular weight is 405 g/mol. The van der Waals surface area contributed by atoms with Gasteiger partial charge in [-0.15, -0.1) is 15.3 Å². The summed E-state index contributed by atoms with van der Waals surface area (Å²) in [4.78, 5) is 13.6. The highest BCUT2D eigenvalue weighted by molar-refractivity contribution is 5.90. The fraction of sp³-hybridized carbons (Fsp3) is 0.167. The molecule has 0 saturated heterocycles. The number of hydrogen-bond donors (Lipinski definition) is 1. The molecule has 2 aromatic heterocycles. The molecule has 0 fully saturated rings. The number of fused-ring (bicyclic) bond motifs is 1. The van der Waals surface area contributed by atoms with Crippen LogP contribution in [0.15, 0.2) is 42.7 Å². The van der Waals surface area contributed by atoms with Crippen LogP contribution in [-0.2, 0) is 11.3 Å². The largest absolute Gasteiger partial charge is 0.454 e. The molecule has 12 nitrogen and oxygen atoms in total. The Balaban J connectivity index is 1.33. The molecule has 0 unspecified atom stereocenters. The number of hydrogen-bond acceptors (Lipinski definition) is 9. The number of ether oxygens (including phenoxy) is 2. The summed E-state index contributed by atoms with van der Waals surface area (Å²) in [5, 5.41) is 26.4. The molecule has 1 aliphatic rings. The SMILES string of the molecule is Cc1ccc(-c2nnn(CC(=O)Nc3ccc4c(c3)OCO4)n2)c(-n2cnnn2)c1. The van der Waals surface area contributed by atoms with E-state index in [1.54, 1.807) is 18.2 Å². The number of nitrogens with one attached hydrogen (secondary N) is 1. The summed E-state index contributed by atoms with van der Waals surface area (Å²) in [6.45, 7) is 2.03. The quantitative estimate of drug-likeness (QED) is 0.516. The molecule has 0 aliphatic carbocycles. The van der Waals surface area contributed by atoms with Crippen molar-refractivity contribution in [1.82, 2.24) is 40.4 Å². The van der Waals surface area contributed by atoms with Crippen LogP contribution in [0.3, 0.4) is 0 Å². The molecule has 0 saturated carbocycles. The number of carbonyl (C=O) groups is 1. The zero-order chi connectivity index (χ0) is 20.5. The molecule has 0 spiro atoms. The molecule has 4 aromatic rings. The maximum absolute atomic E-state index is 12.4. The van der Waals surface area contributed by atoms with Crippen LogP contribution in [0.1, 0.15) is 5.56 Å². The fourth-order valence-corrected chi connectivity index (χ4v) is 3.01. The van der Waals surface area contributed by atoms with Crippen LogP contribution in [0, 0.1) is 6.92 Å². The lowest BCUT2D eigenvalue weighted by Crippen LogP contribution is -2.20. The van der Waals surface area contributed by atoms with Crippen LogP contribution < -0.4 is 14.8 Å². The number of anilines is 1. The average Bonchev–Trinajstić information content (AvgIpc) is 3.49. The van der Waals surface area contributed by atoms with E-state index in [1.807, 2.05) is 25.1 Å². The lowest BCUT2D eigenvalue weighted by molar-refractivity contribution is -0.117. The lowest BCUT2D eigenvalue weighted by Gasteiger charge is -2.06. The van der Waals surface area contributed by atoms with Crippen LogP contribution in [0.4, 0.5) is 5.69 Å². The molecule has 150 valence electrons. The molecule has 12 heteroatoms. The molecule has 2 aromatic carbocycles. The van der Waals surface area contributed by atoms with E-state index in [0.29, 0.717) is 34.3 Å². The summed E-state index contributed by atoms with van der Waals surface area (Å²) in [5.41, 5.74) is 3.02. The van der Waals surface area contributed by atoms with Crippen LogP contribution in [0.5, 0.6) is 11.5 Å². The maximum Gasteiger partial charge on any atom is 0.248 e. The summed E-state index contributed by atoms with van der Waals surface area (Å²) in [6, 6.07) is 10.9. The van der Waals surface area contributed by atoms with Gasteiger partial charge in [0.1, 0.15) is 12.9 Å². The Labute approximate surface area is 169 Å². The first kappa shape index (κ1) is 17.7. The number of carbonyl (C=O) groups excluding carboxylic acids is 1. The predicted molar refractivity (Wildman–Crippen MR) is 102 cm³/mol. The molecule has 1 aliphatic heterocycles. The summed E-state index contributed by atoms with van der Waals surface area (Å²) in [7, 11) is 0. The zero-order valence-electron chi connectivity index (χ0n) is 15.8. The van der Waals surface area contributed by atoms with Crippen molar-refractivity contribution in [1.29, 1.82) is 0 Å². The van der Waals surface area contributed by atoms with Crippen molar-refractivity contribution in [2.24, 2.45) is 0 Å². The van der Waals surface area contributed by atoms with E-state index in [1.165, 1.54) is 15.8 Å². The van der Waals surface area contributed by atoms with E-state index >= 15 is 0 Å². The number of aryl methyl sites for hydroxylation is 1. The van der Waals surface area contributed by atoms with Gasteiger partial charge in [-0.3, -0.25) is 4.79 Å². The normalized spacial score (nSPS) is 12.2. The summed E-state index contributed by atoms with van der Waals surface area (Å²) >= 11 is 0. The van der Waals surface area contributed by atoms with E-state index in [9.17, 15) is 4.79 Å². The number of benzene rings is 2. The number of amides is 1. The highest BCUT2D eigenvalue weighted by Crippen LogP contribution is 2.34. The monoisotopic (exact) mass is 405 g/mol. The first-order chi connectivity index (χ1) is 14.7. The van der Waals surface area contributed by atoms with E-state index in [2.05, 4.69) is 36.3 Å². The second-order valence-corrected chi connectivity index (χ2v) is 6.53. The highest BCUT2D eigenvalue weighted by Gasteiger charge is 2.17. The van der Waals surface area contributed by atoms with Gasteiger partial charge in [0.2, 0.25) is 18.5 Å². The van der Waals surface area contributed by atoms with E-state index in [-0.39, 0.29) is 19.2 Å². The van der Waals surface area contributed by atoms with Crippen LogP contribution >= 0.6 is 0 Å². The van der Waals surface area contributed by atoms with Crippen LogP contribution in [0.2, 0.25) is 0 Å². The molecule has 5 rings (SSSR count). The number of tetrazole rings is 2. The minimum Gasteiger partial charge on any atom is -0.454 e. The van der Waals surface area contributed by atoms with E-state index in [4.69, 9.17) is 9.47 Å². The smallest absolute Gasteiger partial charge is 0.248 e. The number of rotatable bonds is 5. The highest BCUT2D eigenvalue weighted by atomic mass is 16.7. The molecule has 0 atom stereocenters. The van der Waals surface area contributed by atoms with Crippen molar-refractivity contribution < 1.29 is 14.3 Å². The van der Waals surface area contributed by atoms with Crippen molar-refractivity contribution in [3.8, 4) is 28.6 Å². The van der Waals surface area contributed by atoms with Crippen molar-refractivity contribution in [3.05, 3.63) is 48.3 Å². The van der Waals surface area contributed by atoms with Gasteiger partial charge in [-0.05, 0) is 52.4 Å². The molecule has 1 amide bonds. The minimum atomic E-state index is -0.303. The topological polar surface area (TPSA) is 135 Å². The fourth-order valence-electron chi connectivity index (χ4n) is 3.01. The molecular weight excluding hydrogens is 390 g/mol. The van der Waals surface area contributed by atoms with Gasteiger partial charge in [-0.25, -0.2) is 0 Å². The van der Waals surface area contributed by atoms with Crippen molar-refractivity contribution in [3.63, 3.8) is 0 Å². The Morgan fingerprint density at radius 2 is 2.03 bits per heavy atom. The van der Waals surface area contributed by atoms with Crippen LogP contribution in [-0.4, -0.2) is 53.1 Å². The first-order valence-electron chi connectivity index (χ1n) is 8.97. The molecule has 1 N–H and O–H groups in total. The zero-order valence-corrected chi connectivity index (χ0v) is 15.8. The van der Waals surface area contributed by atoms with Gasteiger partial charge in [-0.1, -0.05) is 6.07 Å². The third-order valence-electron chi connectivity index (χ3n) is 4.38. The summed E-state index contributed by atoms with van der Waals surface area (Å²) in [6.07, 6.45) is 1.49. The molecule has 0 radical (unpaired) electrons. The van der Waals surface area contributed by atoms with Crippen LogP contribution in [0.25, 0.3) is 17.1 Å². The Hall–Kier alpha value is -4.35. The predicted octanol–water partition coefficient (Wildman–Crippen LogP) is 0.992. The second kappa shape index (κ2) is 7.24. The van der Waals surface area contributed by atoms with Gasteiger partial charge in [-0.2, -0.15) is 9.48 Å². The maximum atomic E-state index is 12.4. The van der Waals surface area contributed by atoms with Crippen molar-refractivity contribution in [2.75, 3.05) is 12.1 Å². The Morgan fingerprint density at radius 1 is 1.13 bits per heavy atom. The Bertz CT molecular complexity index is 1220. The summed E-state index contributed by atoms with van der Waals surface area (Å²) < 4.78 is 12.1.